The number of fused-ring (bicyclic) bond motifs is 1. The Morgan fingerprint density at radius 1 is 0.879 bits per heavy atom. The second kappa shape index (κ2) is 8.92. The van der Waals surface area contributed by atoms with E-state index in [9.17, 15) is 13.2 Å². The van der Waals surface area contributed by atoms with Crippen molar-refractivity contribution in [1.29, 1.82) is 0 Å². The zero-order chi connectivity index (χ0) is 22.8. The smallest absolute Gasteiger partial charge is 0.255 e. The molecule has 0 spiro atoms. The molecule has 3 aromatic rings. The van der Waals surface area contributed by atoms with Crippen LogP contribution in [0.15, 0.2) is 83.9 Å². The molecular weight excluding hydrogens is 458 g/mol. The number of sulfone groups is 1. The molecule has 2 heterocycles. The maximum Gasteiger partial charge on any atom is 0.255 e. The Morgan fingerprint density at radius 2 is 1.55 bits per heavy atom. The number of ether oxygens (including phenoxy) is 1. The Balaban J connectivity index is 1.16. The van der Waals surface area contributed by atoms with E-state index in [1.54, 1.807) is 48.5 Å². The average molecular weight is 480 g/mol. The monoisotopic (exact) mass is 479 g/mol. The lowest BCUT2D eigenvalue weighted by Crippen LogP contribution is -2.13. The molecule has 1 fully saturated rings. The van der Waals surface area contributed by atoms with Crippen LogP contribution in [0, 0.1) is 0 Å². The van der Waals surface area contributed by atoms with E-state index in [0.717, 1.165) is 16.6 Å². The molecule has 5 rings (SSSR count). The summed E-state index contributed by atoms with van der Waals surface area (Å²) in [6, 6.07) is 23.6. The number of rotatable bonds is 5. The number of benzene rings is 3. The number of amidine groups is 1. The predicted octanol–water partition coefficient (Wildman–Crippen LogP) is 4.41. The van der Waals surface area contributed by atoms with Crippen molar-refractivity contribution in [3.05, 3.63) is 84.4 Å². The summed E-state index contributed by atoms with van der Waals surface area (Å²) in [6.07, 6.45) is 0. The number of amides is 1. The van der Waals surface area contributed by atoms with E-state index in [2.05, 4.69) is 15.6 Å². The second-order valence-corrected chi connectivity index (χ2v) is 11.2. The zero-order valence-electron chi connectivity index (χ0n) is 17.5. The molecular formula is C24H21N3O4S2. The predicted molar refractivity (Wildman–Crippen MR) is 132 cm³/mol. The largest absolute Gasteiger partial charge is 0.457 e. The highest BCUT2D eigenvalue weighted by Gasteiger charge is 2.42. The van der Waals surface area contributed by atoms with Gasteiger partial charge >= 0.3 is 0 Å². The van der Waals surface area contributed by atoms with Crippen LogP contribution in [0.3, 0.4) is 0 Å². The molecule has 7 nitrogen and oxygen atoms in total. The molecule has 1 saturated heterocycles. The van der Waals surface area contributed by atoms with Crippen LogP contribution in [0.5, 0.6) is 11.5 Å². The zero-order valence-corrected chi connectivity index (χ0v) is 19.1. The number of aliphatic imine (C=N–C) groups is 1. The molecule has 3 aromatic carbocycles. The number of para-hydroxylation sites is 1. The third-order valence-corrected chi connectivity index (χ3v) is 8.45. The molecule has 168 valence electrons. The molecule has 0 unspecified atom stereocenters. The molecule has 0 aliphatic carbocycles. The molecule has 0 aromatic heterocycles. The normalized spacial score (nSPS) is 20.5. The van der Waals surface area contributed by atoms with Crippen molar-refractivity contribution in [2.75, 3.05) is 22.1 Å². The number of nitrogens with zero attached hydrogens (tertiary/aromatic N) is 1. The molecule has 0 saturated carbocycles. The summed E-state index contributed by atoms with van der Waals surface area (Å²) < 4.78 is 29.1. The van der Waals surface area contributed by atoms with Crippen molar-refractivity contribution in [3.63, 3.8) is 0 Å². The maximum atomic E-state index is 12.6. The fourth-order valence-electron chi connectivity index (χ4n) is 3.68. The highest BCUT2D eigenvalue weighted by Crippen LogP contribution is 2.34. The first-order valence-corrected chi connectivity index (χ1v) is 13.1. The van der Waals surface area contributed by atoms with Crippen molar-refractivity contribution in [3.8, 4) is 11.5 Å². The van der Waals surface area contributed by atoms with Crippen molar-refractivity contribution >= 4 is 44.0 Å². The van der Waals surface area contributed by atoms with Crippen molar-refractivity contribution in [2.24, 2.45) is 4.99 Å². The number of carbonyl (C=O) groups is 1. The number of thioether (sulfide) groups is 1. The SMILES string of the molecule is O=C(Nc1ccc(Oc2ccccc2)cc1)c1ccc(NC2=N[C@@H]3CS(=O)(=O)C[C@H]3S2)cc1. The molecule has 2 aliphatic heterocycles. The molecule has 33 heavy (non-hydrogen) atoms. The minimum Gasteiger partial charge on any atom is -0.457 e. The highest BCUT2D eigenvalue weighted by molar-refractivity contribution is 8.15. The van der Waals surface area contributed by atoms with Crippen LogP contribution in [-0.2, 0) is 9.84 Å². The summed E-state index contributed by atoms with van der Waals surface area (Å²) in [5, 5.41) is 6.80. The Labute approximate surface area is 196 Å². The number of anilines is 2. The molecule has 2 N–H and O–H groups in total. The summed E-state index contributed by atoms with van der Waals surface area (Å²) in [5.74, 6) is 1.51. The van der Waals surface area contributed by atoms with E-state index in [1.807, 2.05) is 30.3 Å². The molecule has 0 bridgehead atoms. The van der Waals surface area contributed by atoms with E-state index in [4.69, 9.17) is 4.74 Å². The molecule has 2 aliphatic rings. The van der Waals surface area contributed by atoms with Gasteiger partial charge in [-0.3, -0.25) is 9.79 Å². The number of hydrogen-bond acceptors (Lipinski definition) is 7. The van der Waals surface area contributed by atoms with Gasteiger partial charge in [0.1, 0.15) is 11.5 Å². The first kappa shape index (κ1) is 21.5. The van der Waals surface area contributed by atoms with Gasteiger partial charge in [-0.2, -0.15) is 0 Å². The van der Waals surface area contributed by atoms with Gasteiger partial charge in [0.2, 0.25) is 0 Å². The summed E-state index contributed by atoms with van der Waals surface area (Å²) in [5.41, 5.74) is 1.98. The fourth-order valence-corrected chi connectivity index (χ4v) is 7.35. The topological polar surface area (TPSA) is 96.9 Å². The van der Waals surface area contributed by atoms with Crippen molar-refractivity contribution in [1.82, 2.24) is 0 Å². The standard InChI is InChI=1S/C24H21N3O4S2/c28-23(25-17-10-12-20(13-11-17)31-19-4-2-1-3-5-19)16-6-8-18(9-7-16)26-24-27-21-14-33(29,30)15-22(21)32-24/h1-13,21-22H,14-15H2,(H,25,28)(H,26,27)/t21-,22-/m1/s1. The number of nitrogens with one attached hydrogen (secondary N) is 2. The van der Waals surface area contributed by atoms with Gasteiger partial charge in [-0.15, -0.1) is 0 Å². The summed E-state index contributed by atoms with van der Waals surface area (Å²) in [4.78, 5) is 17.1. The number of carbonyl (C=O) groups excluding carboxylic acids is 1. The van der Waals surface area contributed by atoms with Crippen LogP contribution in [-0.4, -0.2) is 42.3 Å². The van der Waals surface area contributed by atoms with Crippen LogP contribution < -0.4 is 15.4 Å². The third kappa shape index (κ3) is 5.20. The quantitative estimate of drug-likeness (QED) is 0.563. The maximum absolute atomic E-state index is 12.6. The van der Waals surface area contributed by atoms with Gasteiger partial charge in [-0.25, -0.2) is 8.42 Å². The lowest BCUT2D eigenvalue weighted by atomic mass is 10.2. The Kier molecular flexibility index (Phi) is 5.82. The minimum atomic E-state index is -2.97. The minimum absolute atomic E-state index is 0.00738. The molecule has 2 atom stereocenters. The van der Waals surface area contributed by atoms with Gasteiger partial charge in [-0.1, -0.05) is 30.0 Å². The van der Waals surface area contributed by atoms with E-state index in [0.29, 0.717) is 17.0 Å². The summed E-state index contributed by atoms with van der Waals surface area (Å²) in [6.45, 7) is 0. The molecule has 9 heteroatoms. The van der Waals surface area contributed by atoms with Gasteiger partial charge in [0.25, 0.3) is 5.91 Å². The summed E-state index contributed by atoms with van der Waals surface area (Å²) in [7, 11) is -2.97. The van der Waals surface area contributed by atoms with Crippen molar-refractivity contribution < 1.29 is 17.9 Å². The third-order valence-electron chi connectivity index (χ3n) is 5.31. The van der Waals surface area contributed by atoms with Crippen LogP contribution in [0.1, 0.15) is 10.4 Å². The first-order valence-electron chi connectivity index (χ1n) is 10.4. The van der Waals surface area contributed by atoms with Crippen molar-refractivity contribution in [2.45, 2.75) is 11.3 Å². The highest BCUT2D eigenvalue weighted by atomic mass is 32.2. The van der Waals surface area contributed by atoms with Crippen LogP contribution in [0.4, 0.5) is 11.4 Å². The van der Waals surface area contributed by atoms with Gasteiger partial charge in [-0.05, 0) is 60.7 Å². The molecule has 1 amide bonds. The van der Waals surface area contributed by atoms with Gasteiger partial charge in [0, 0.05) is 22.2 Å². The summed E-state index contributed by atoms with van der Waals surface area (Å²) >= 11 is 1.46. The van der Waals surface area contributed by atoms with E-state index >= 15 is 0 Å². The van der Waals surface area contributed by atoms with Crippen LogP contribution >= 0.6 is 11.8 Å². The van der Waals surface area contributed by atoms with E-state index < -0.39 is 9.84 Å². The lowest BCUT2D eigenvalue weighted by molar-refractivity contribution is 0.102. The van der Waals surface area contributed by atoms with Gasteiger partial charge in [0.15, 0.2) is 15.0 Å². The van der Waals surface area contributed by atoms with E-state index in [1.165, 1.54) is 11.8 Å². The fraction of sp³-hybridized carbons (Fsp3) is 0.167. The van der Waals surface area contributed by atoms with Gasteiger partial charge in [0.05, 0.1) is 17.5 Å². The molecule has 0 radical (unpaired) electrons. The average Bonchev–Trinajstić information content (AvgIpc) is 3.28. The first-order chi connectivity index (χ1) is 15.9. The second-order valence-electron chi connectivity index (χ2n) is 7.83. The van der Waals surface area contributed by atoms with E-state index in [-0.39, 0.29) is 28.7 Å². The lowest BCUT2D eigenvalue weighted by Gasteiger charge is -2.09. The van der Waals surface area contributed by atoms with Crippen LogP contribution in [0.25, 0.3) is 0 Å². The van der Waals surface area contributed by atoms with Crippen LogP contribution in [0.2, 0.25) is 0 Å². The van der Waals surface area contributed by atoms with Gasteiger partial charge < -0.3 is 15.4 Å². The Bertz CT molecular complexity index is 1290. The Hall–Kier alpha value is -3.30. The number of hydrogen-bond donors (Lipinski definition) is 2. The Morgan fingerprint density at radius 3 is 2.24 bits per heavy atom.